The molecule has 0 radical (unpaired) electrons. The molecule has 1 heterocycles. The molecule has 0 aliphatic rings. The molecular weight excluding hydrogens is 372 g/mol. The van der Waals surface area contributed by atoms with Crippen LogP contribution in [0, 0.1) is 0 Å². The Morgan fingerprint density at radius 1 is 0.867 bits per heavy atom. The van der Waals surface area contributed by atoms with Crippen molar-refractivity contribution in [2.75, 3.05) is 0 Å². The van der Waals surface area contributed by atoms with Crippen LogP contribution >= 0.6 is 0 Å². The Labute approximate surface area is 175 Å². The summed E-state index contributed by atoms with van der Waals surface area (Å²) in [4.78, 5) is 27.8. The number of carbonyl (C=O) groups is 2. The molecule has 4 nitrogen and oxygen atoms in total. The first-order chi connectivity index (χ1) is 14.6. The van der Waals surface area contributed by atoms with E-state index in [4.69, 9.17) is 0 Å². The molecule has 30 heavy (non-hydrogen) atoms. The Morgan fingerprint density at radius 3 is 2.20 bits per heavy atom. The lowest BCUT2D eigenvalue weighted by atomic mass is 10.2. The zero-order valence-electron chi connectivity index (χ0n) is 16.7. The Balaban J connectivity index is 1.68. The SMILES string of the molecule is Cn1c(C(=O)N(Cc2ccccc2)C(=O)/C=C/c2ccccc2)cc2ccccc21. The summed E-state index contributed by atoms with van der Waals surface area (Å²) in [6.07, 6.45) is 3.19. The van der Waals surface area contributed by atoms with Crippen LogP contribution in [-0.2, 0) is 18.4 Å². The van der Waals surface area contributed by atoms with Gasteiger partial charge in [0, 0.05) is 24.0 Å². The van der Waals surface area contributed by atoms with Crippen LogP contribution < -0.4 is 0 Å². The summed E-state index contributed by atoms with van der Waals surface area (Å²) >= 11 is 0. The van der Waals surface area contributed by atoms with Gasteiger partial charge in [-0.3, -0.25) is 14.5 Å². The van der Waals surface area contributed by atoms with E-state index in [0.717, 1.165) is 22.0 Å². The predicted molar refractivity (Wildman–Crippen MR) is 120 cm³/mol. The Morgan fingerprint density at radius 2 is 1.50 bits per heavy atom. The van der Waals surface area contributed by atoms with Crippen LogP contribution in [0.1, 0.15) is 21.6 Å². The molecule has 4 rings (SSSR count). The fourth-order valence-corrected chi connectivity index (χ4v) is 3.47. The van der Waals surface area contributed by atoms with E-state index in [9.17, 15) is 9.59 Å². The minimum absolute atomic E-state index is 0.208. The van der Waals surface area contributed by atoms with Gasteiger partial charge in [0.05, 0.1) is 6.54 Å². The number of nitrogens with zero attached hydrogens (tertiary/aromatic N) is 2. The summed E-state index contributed by atoms with van der Waals surface area (Å²) in [7, 11) is 1.85. The lowest BCUT2D eigenvalue weighted by molar-refractivity contribution is -0.124. The number of para-hydroxylation sites is 1. The second kappa shape index (κ2) is 8.62. The van der Waals surface area contributed by atoms with E-state index >= 15 is 0 Å². The number of carbonyl (C=O) groups excluding carboxylic acids is 2. The Hall–Kier alpha value is -3.92. The van der Waals surface area contributed by atoms with Gasteiger partial charge in [-0.15, -0.1) is 0 Å². The summed E-state index contributed by atoms with van der Waals surface area (Å²) in [6.45, 7) is 0.208. The first-order valence-corrected chi connectivity index (χ1v) is 9.81. The number of rotatable bonds is 5. The van der Waals surface area contributed by atoms with Crippen molar-refractivity contribution in [3.8, 4) is 0 Å². The molecule has 0 unspecified atom stereocenters. The Kier molecular flexibility index (Phi) is 5.57. The quantitative estimate of drug-likeness (QED) is 0.444. The molecule has 4 aromatic rings. The Bertz CT molecular complexity index is 1210. The van der Waals surface area contributed by atoms with Crippen molar-refractivity contribution >= 4 is 28.8 Å². The molecule has 0 N–H and O–H groups in total. The molecule has 0 bridgehead atoms. The van der Waals surface area contributed by atoms with Crippen LogP contribution in [-0.4, -0.2) is 21.3 Å². The van der Waals surface area contributed by atoms with Crippen LogP contribution in [0.4, 0.5) is 0 Å². The lowest BCUT2D eigenvalue weighted by Crippen LogP contribution is -2.36. The number of amides is 2. The fraction of sp³-hybridized carbons (Fsp3) is 0.0769. The first-order valence-electron chi connectivity index (χ1n) is 9.81. The van der Waals surface area contributed by atoms with E-state index in [2.05, 4.69) is 0 Å². The van der Waals surface area contributed by atoms with Gasteiger partial charge >= 0.3 is 0 Å². The molecule has 0 saturated heterocycles. The number of fused-ring (bicyclic) bond motifs is 1. The molecule has 148 valence electrons. The van der Waals surface area contributed by atoms with E-state index < -0.39 is 0 Å². The largest absolute Gasteiger partial charge is 0.340 e. The van der Waals surface area contributed by atoms with Crippen molar-refractivity contribution in [2.24, 2.45) is 7.05 Å². The molecule has 1 aromatic heterocycles. The number of hydrogen-bond acceptors (Lipinski definition) is 2. The minimum atomic E-state index is -0.349. The standard InChI is InChI=1S/C26H22N2O2/c1-27-23-15-9-8-14-22(23)18-24(27)26(30)28(19-21-12-6-3-7-13-21)25(29)17-16-20-10-4-2-5-11-20/h2-18H,19H2,1H3/b17-16+. The highest BCUT2D eigenvalue weighted by Crippen LogP contribution is 2.21. The molecule has 0 fully saturated rings. The molecule has 4 heteroatoms. The number of aromatic nitrogens is 1. The first kappa shape index (κ1) is 19.4. The van der Waals surface area contributed by atoms with Gasteiger partial charge in [-0.2, -0.15) is 0 Å². The van der Waals surface area contributed by atoms with Gasteiger partial charge in [-0.05, 0) is 29.3 Å². The van der Waals surface area contributed by atoms with E-state index in [0.29, 0.717) is 5.69 Å². The molecular formula is C26H22N2O2. The monoisotopic (exact) mass is 394 g/mol. The summed E-state index contributed by atoms with van der Waals surface area (Å²) in [6, 6.07) is 28.7. The van der Waals surface area contributed by atoms with Crippen LogP contribution in [0.3, 0.4) is 0 Å². The molecule has 3 aromatic carbocycles. The van der Waals surface area contributed by atoms with E-state index in [1.165, 1.54) is 11.0 Å². The van der Waals surface area contributed by atoms with Crippen LogP contribution in [0.25, 0.3) is 17.0 Å². The van der Waals surface area contributed by atoms with Gasteiger partial charge in [0.15, 0.2) is 0 Å². The zero-order valence-corrected chi connectivity index (χ0v) is 16.7. The van der Waals surface area contributed by atoms with Crippen molar-refractivity contribution < 1.29 is 9.59 Å². The zero-order chi connectivity index (χ0) is 20.9. The minimum Gasteiger partial charge on any atom is -0.340 e. The van der Waals surface area contributed by atoms with Crippen molar-refractivity contribution in [1.82, 2.24) is 9.47 Å². The van der Waals surface area contributed by atoms with Crippen LogP contribution in [0.2, 0.25) is 0 Å². The van der Waals surface area contributed by atoms with E-state index in [1.807, 2.05) is 103 Å². The molecule has 0 aliphatic heterocycles. The molecule has 2 amide bonds. The van der Waals surface area contributed by atoms with Gasteiger partial charge < -0.3 is 4.57 Å². The average Bonchev–Trinajstić information content (AvgIpc) is 3.13. The third kappa shape index (κ3) is 4.08. The van der Waals surface area contributed by atoms with Gasteiger partial charge in [0.25, 0.3) is 11.8 Å². The maximum absolute atomic E-state index is 13.4. The smallest absolute Gasteiger partial charge is 0.277 e. The van der Waals surface area contributed by atoms with Gasteiger partial charge in [0.1, 0.15) is 5.69 Å². The molecule has 0 aliphatic carbocycles. The van der Waals surface area contributed by atoms with Crippen molar-refractivity contribution in [1.29, 1.82) is 0 Å². The predicted octanol–water partition coefficient (Wildman–Crippen LogP) is 5.06. The maximum atomic E-state index is 13.4. The topological polar surface area (TPSA) is 42.3 Å². The third-order valence-electron chi connectivity index (χ3n) is 5.08. The van der Waals surface area contributed by atoms with Crippen LogP contribution in [0.5, 0.6) is 0 Å². The third-order valence-corrected chi connectivity index (χ3v) is 5.08. The van der Waals surface area contributed by atoms with Gasteiger partial charge in [-0.1, -0.05) is 78.9 Å². The normalized spacial score (nSPS) is 11.1. The fourth-order valence-electron chi connectivity index (χ4n) is 3.47. The number of hydrogen-bond donors (Lipinski definition) is 0. The molecule has 0 atom stereocenters. The highest BCUT2D eigenvalue weighted by molar-refractivity contribution is 6.10. The second-order valence-corrected chi connectivity index (χ2v) is 7.11. The number of imide groups is 1. The van der Waals surface area contributed by atoms with E-state index in [-0.39, 0.29) is 18.4 Å². The van der Waals surface area contributed by atoms with Crippen LogP contribution in [0.15, 0.2) is 97.1 Å². The highest BCUT2D eigenvalue weighted by atomic mass is 16.2. The van der Waals surface area contributed by atoms with E-state index in [1.54, 1.807) is 6.08 Å². The van der Waals surface area contributed by atoms with Crippen molar-refractivity contribution in [3.63, 3.8) is 0 Å². The summed E-state index contributed by atoms with van der Waals surface area (Å²) in [5.41, 5.74) is 3.23. The second-order valence-electron chi connectivity index (χ2n) is 7.11. The summed E-state index contributed by atoms with van der Waals surface area (Å²) in [5.74, 6) is -0.668. The van der Waals surface area contributed by atoms with Gasteiger partial charge in [0.2, 0.25) is 0 Å². The maximum Gasteiger partial charge on any atom is 0.277 e. The number of aryl methyl sites for hydroxylation is 1. The molecule has 0 saturated carbocycles. The number of benzene rings is 3. The highest BCUT2D eigenvalue weighted by Gasteiger charge is 2.24. The summed E-state index contributed by atoms with van der Waals surface area (Å²) in [5, 5.41) is 0.968. The van der Waals surface area contributed by atoms with Crippen molar-refractivity contribution in [2.45, 2.75) is 6.54 Å². The lowest BCUT2D eigenvalue weighted by Gasteiger charge is -2.20. The average molecular weight is 394 g/mol. The molecule has 0 spiro atoms. The summed E-state index contributed by atoms with van der Waals surface area (Å²) < 4.78 is 1.84. The van der Waals surface area contributed by atoms with Gasteiger partial charge in [-0.25, -0.2) is 0 Å². The van der Waals surface area contributed by atoms with Crippen molar-refractivity contribution in [3.05, 3.63) is 114 Å².